The average molecular weight is 778 g/mol. The number of hydrogen-bond acceptors (Lipinski definition) is 1. The van der Waals surface area contributed by atoms with E-state index in [1.165, 1.54) is 128 Å². The van der Waals surface area contributed by atoms with Gasteiger partial charge < -0.3 is 4.57 Å². The Labute approximate surface area is 350 Å². The smallest absolute Gasteiger partial charge is 0.308 e. The van der Waals surface area contributed by atoms with Crippen LogP contribution in [-0.4, -0.2) is 9.13 Å². The fraction of sp³-hybridized carbons (Fsp3) is 0.0714. The molecule has 1 spiro atoms. The SMILES string of the molecule is CC1(C)c2ccccc2N2c3c1ccc1c3C34c5c6c(cc7c8ccccc8n(c57)-c5cc(-c7ccccc7)cc([n+]53)-c3cc(-c5ccccc5)cc2[n+]34)c2ccccc2n6-1. The van der Waals surface area contributed by atoms with Gasteiger partial charge in [0.15, 0.2) is 22.6 Å². The van der Waals surface area contributed by atoms with E-state index < -0.39 is 5.66 Å². The predicted octanol–water partition coefficient (Wildman–Crippen LogP) is 12.1. The van der Waals surface area contributed by atoms with E-state index in [9.17, 15) is 0 Å². The summed E-state index contributed by atoms with van der Waals surface area (Å²) in [4.78, 5) is 2.64. The molecule has 1 unspecified atom stereocenters. The van der Waals surface area contributed by atoms with Gasteiger partial charge in [-0.15, -0.1) is 0 Å². The first-order valence-corrected chi connectivity index (χ1v) is 21.5. The van der Waals surface area contributed by atoms with Gasteiger partial charge in [-0.25, -0.2) is 0 Å². The molecule has 0 saturated heterocycles. The first-order chi connectivity index (χ1) is 30.0. The topological polar surface area (TPSA) is 20.9 Å². The second-order valence-corrected chi connectivity index (χ2v) is 18.1. The molecule has 5 aliphatic heterocycles. The van der Waals surface area contributed by atoms with Gasteiger partial charge >= 0.3 is 5.66 Å². The molecule has 0 N–H and O–H groups in total. The zero-order valence-corrected chi connectivity index (χ0v) is 33.5. The predicted molar refractivity (Wildman–Crippen MR) is 244 cm³/mol. The van der Waals surface area contributed by atoms with Crippen LogP contribution in [0.5, 0.6) is 0 Å². The molecule has 9 heterocycles. The summed E-state index contributed by atoms with van der Waals surface area (Å²) in [6.45, 7) is 4.86. The van der Waals surface area contributed by atoms with Crippen molar-refractivity contribution in [1.29, 1.82) is 0 Å². The fourth-order valence-corrected chi connectivity index (χ4v) is 12.8. The number of benzene rings is 7. The fourth-order valence-electron chi connectivity index (χ4n) is 12.8. The van der Waals surface area contributed by atoms with E-state index in [1.54, 1.807) is 0 Å². The van der Waals surface area contributed by atoms with Crippen molar-refractivity contribution in [3.63, 3.8) is 0 Å². The van der Waals surface area contributed by atoms with E-state index in [-0.39, 0.29) is 5.41 Å². The van der Waals surface area contributed by atoms with Gasteiger partial charge in [0.05, 0.1) is 16.7 Å². The van der Waals surface area contributed by atoms with E-state index in [1.807, 2.05) is 0 Å². The van der Waals surface area contributed by atoms with Crippen LogP contribution in [0.4, 0.5) is 17.2 Å². The first-order valence-electron chi connectivity index (χ1n) is 21.5. The summed E-state index contributed by atoms with van der Waals surface area (Å²) in [7, 11) is 0. The number of fused-ring (bicyclic) bond motifs is 12. The molecule has 0 aliphatic carbocycles. The molecule has 5 aliphatic rings. The average Bonchev–Trinajstić information content (AvgIpc) is 3.93. The van der Waals surface area contributed by atoms with Crippen molar-refractivity contribution in [3.8, 4) is 45.1 Å². The van der Waals surface area contributed by atoms with Crippen LogP contribution in [0.1, 0.15) is 36.1 Å². The standard InChI is InChI=1S/C56H35N5/c1-55(2)40-21-11-14-24-44(40)59-49-30-35(33-17-7-4-8-18-33)28-47-46-27-34(32-15-5-3-6-16-32)29-48-58-43-23-13-10-20-37(43)39-31-38-36-19-9-12-22-42(36)57-45-26-25-41(55)54(59)50(45)56(60(46)48,61(47)49)51(52(38)57)53(39)58/h3-31H,1-2H3/q+2. The lowest BCUT2D eigenvalue weighted by molar-refractivity contribution is -0.931. The molecule has 61 heavy (non-hydrogen) atoms. The minimum absolute atomic E-state index is 0.258. The lowest BCUT2D eigenvalue weighted by Gasteiger charge is -2.46. The quantitative estimate of drug-likeness (QED) is 0.160. The van der Waals surface area contributed by atoms with Crippen molar-refractivity contribution >= 4 is 60.8 Å². The highest BCUT2D eigenvalue weighted by atomic mass is 15.5. The van der Waals surface area contributed by atoms with Gasteiger partial charge in [0.1, 0.15) is 22.3 Å². The number of nitrogens with zero attached hydrogens (tertiary/aromatic N) is 5. The van der Waals surface area contributed by atoms with E-state index in [0.717, 1.165) is 0 Å². The Morgan fingerprint density at radius 1 is 0.410 bits per heavy atom. The summed E-state index contributed by atoms with van der Waals surface area (Å²) in [6.07, 6.45) is 0. The normalized spacial score (nSPS) is 17.2. The van der Waals surface area contributed by atoms with Crippen molar-refractivity contribution in [2.24, 2.45) is 0 Å². The molecule has 7 aromatic carbocycles. The highest BCUT2D eigenvalue weighted by Crippen LogP contribution is 2.64. The molecule has 0 bridgehead atoms. The van der Waals surface area contributed by atoms with Crippen LogP contribution in [0, 0.1) is 0 Å². The largest absolute Gasteiger partial charge is 0.319 e. The minimum atomic E-state index is -0.744. The number of hydrogen-bond donors (Lipinski definition) is 0. The zero-order chi connectivity index (χ0) is 39.7. The first kappa shape index (κ1) is 31.2. The van der Waals surface area contributed by atoms with Crippen molar-refractivity contribution in [3.05, 3.63) is 198 Å². The summed E-state index contributed by atoms with van der Waals surface area (Å²) in [5.41, 5.74) is 20.5. The minimum Gasteiger partial charge on any atom is -0.308 e. The van der Waals surface area contributed by atoms with Crippen LogP contribution in [0.3, 0.4) is 0 Å². The summed E-state index contributed by atoms with van der Waals surface area (Å²) in [5, 5.41) is 5.16. The van der Waals surface area contributed by atoms with E-state index in [2.05, 4.69) is 213 Å². The Bertz CT molecular complexity index is 3910. The molecule has 4 aromatic heterocycles. The molecule has 5 heteroatoms. The van der Waals surface area contributed by atoms with Gasteiger partial charge in [0.2, 0.25) is 0 Å². The Morgan fingerprint density at radius 2 is 0.967 bits per heavy atom. The lowest BCUT2D eigenvalue weighted by atomic mass is 9.69. The van der Waals surface area contributed by atoms with Crippen LogP contribution < -0.4 is 14.0 Å². The van der Waals surface area contributed by atoms with Crippen molar-refractivity contribution in [2.45, 2.75) is 24.9 Å². The van der Waals surface area contributed by atoms with Gasteiger partial charge in [0.25, 0.3) is 11.6 Å². The van der Waals surface area contributed by atoms with Gasteiger partial charge in [-0.2, -0.15) is 18.6 Å². The molecule has 0 amide bonds. The molecule has 0 saturated carbocycles. The van der Waals surface area contributed by atoms with Crippen molar-refractivity contribution in [2.75, 3.05) is 4.90 Å². The van der Waals surface area contributed by atoms with Gasteiger partial charge in [-0.05, 0) is 70.8 Å². The Balaban J connectivity index is 1.24. The molecular formula is C56H35N5+2. The van der Waals surface area contributed by atoms with Crippen LogP contribution >= 0.6 is 0 Å². The third kappa shape index (κ3) is 3.22. The second kappa shape index (κ2) is 9.98. The summed E-state index contributed by atoms with van der Waals surface area (Å²) in [5.74, 6) is 2.36. The highest BCUT2D eigenvalue weighted by molar-refractivity contribution is 6.22. The number of pyridine rings is 2. The highest BCUT2D eigenvalue weighted by Gasteiger charge is 2.70. The maximum atomic E-state index is 2.76. The summed E-state index contributed by atoms with van der Waals surface area (Å²) >= 11 is 0. The maximum Gasteiger partial charge on any atom is 0.319 e. The Hall–Kier alpha value is -7.76. The van der Waals surface area contributed by atoms with E-state index in [4.69, 9.17) is 0 Å². The molecule has 11 aromatic rings. The molecule has 1 atom stereocenters. The Kier molecular flexibility index (Phi) is 5.10. The van der Waals surface area contributed by atoms with Crippen molar-refractivity contribution in [1.82, 2.24) is 9.13 Å². The Morgan fingerprint density at radius 3 is 1.66 bits per heavy atom. The summed E-state index contributed by atoms with van der Waals surface area (Å²) < 4.78 is 10.7. The monoisotopic (exact) mass is 777 g/mol. The van der Waals surface area contributed by atoms with E-state index in [0.29, 0.717) is 0 Å². The van der Waals surface area contributed by atoms with Gasteiger partial charge in [-0.1, -0.05) is 129 Å². The number of anilines is 3. The van der Waals surface area contributed by atoms with Crippen LogP contribution in [0.15, 0.2) is 176 Å². The van der Waals surface area contributed by atoms with Crippen LogP contribution in [0.25, 0.3) is 88.8 Å². The number of rotatable bonds is 2. The van der Waals surface area contributed by atoms with Crippen molar-refractivity contribution < 1.29 is 9.13 Å². The summed E-state index contributed by atoms with van der Waals surface area (Å²) in [6, 6.07) is 66.6. The number of aromatic nitrogens is 4. The molecule has 0 radical (unpaired) electrons. The molecule has 0 fully saturated rings. The molecule has 16 rings (SSSR count). The zero-order valence-electron chi connectivity index (χ0n) is 33.5. The molecule has 5 nitrogen and oxygen atoms in total. The molecule has 282 valence electrons. The van der Waals surface area contributed by atoms with Crippen LogP contribution in [-0.2, 0) is 11.1 Å². The molecular weight excluding hydrogens is 743 g/mol. The second-order valence-electron chi connectivity index (χ2n) is 18.1. The maximum absolute atomic E-state index is 2.76. The van der Waals surface area contributed by atoms with Gasteiger partial charge in [-0.3, -0.25) is 0 Å². The number of para-hydroxylation sites is 3. The third-order valence-electron chi connectivity index (χ3n) is 15.1. The van der Waals surface area contributed by atoms with Crippen LogP contribution in [0.2, 0.25) is 0 Å². The van der Waals surface area contributed by atoms with E-state index >= 15 is 0 Å². The lowest BCUT2D eigenvalue weighted by Crippen LogP contribution is -2.76. The third-order valence-corrected chi connectivity index (χ3v) is 15.1. The van der Waals surface area contributed by atoms with Gasteiger partial charge in [0, 0.05) is 50.2 Å².